The van der Waals surface area contributed by atoms with E-state index in [2.05, 4.69) is 0 Å². The van der Waals surface area contributed by atoms with Gasteiger partial charge in [0.2, 0.25) is 5.91 Å². The summed E-state index contributed by atoms with van der Waals surface area (Å²) in [5.41, 5.74) is 0.871. The lowest BCUT2D eigenvalue weighted by Gasteiger charge is -2.26. The second-order valence-electron chi connectivity index (χ2n) is 5.64. The Kier molecular flexibility index (Phi) is 4.89. The molecule has 1 aliphatic rings. The van der Waals surface area contributed by atoms with Crippen molar-refractivity contribution in [3.05, 3.63) is 57.6 Å². The van der Waals surface area contributed by atoms with Gasteiger partial charge in [-0.2, -0.15) is 0 Å². The number of methoxy groups -OCH3 is 1. The molecule has 0 atom stereocenters. The zero-order valence-electron chi connectivity index (χ0n) is 14.0. The maximum Gasteiger partial charge on any atom is 0.263 e. The Bertz CT molecular complexity index is 871. The minimum Gasteiger partial charge on any atom is -0.497 e. The number of hydrogen-bond donors (Lipinski definition) is 0. The van der Waals surface area contributed by atoms with Gasteiger partial charge < -0.3 is 4.74 Å². The van der Waals surface area contributed by atoms with Crippen LogP contribution < -0.4 is 9.64 Å². The quantitative estimate of drug-likeness (QED) is 0.745. The number of anilines is 1. The number of carbonyl (C=O) groups excluding carboxylic acids is 3. The molecule has 3 amide bonds. The molecule has 0 aromatic heterocycles. The Balaban J connectivity index is 1.91. The van der Waals surface area contributed by atoms with E-state index in [1.165, 1.54) is 31.1 Å². The Morgan fingerprint density at radius 3 is 1.96 bits per heavy atom. The van der Waals surface area contributed by atoms with E-state index in [0.29, 0.717) is 11.4 Å². The third-order valence-corrected chi connectivity index (χ3v) is 4.78. The first-order valence-electron chi connectivity index (χ1n) is 7.61. The summed E-state index contributed by atoms with van der Waals surface area (Å²) < 4.78 is 5.09. The summed E-state index contributed by atoms with van der Waals surface area (Å²) in [6.07, 6.45) is 0. The van der Waals surface area contributed by atoms with Gasteiger partial charge in [-0.1, -0.05) is 23.2 Å². The molecule has 0 fully saturated rings. The molecule has 0 saturated carbocycles. The number of rotatable bonds is 4. The molecule has 3 rings (SSSR count). The maximum atomic E-state index is 12.6. The van der Waals surface area contributed by atoms with Crippen LogP contribution in [-0.2, 0) is 4.79 Å². The van der Waals surface area contributed by atoms with Crippen molar-refractivity contribution in [1.82, 2.24) is 4.90 Å². The molecule has 0 aliphatic carbocycles. The third kappa shape index (κ3) is 3.13. The second kappa shape index (κ2) is 6.97. The van der Waals surface area contributed by atoms with Gasteiger partial charge in [0.05, 0.1) is 28.3 Å². The van der Waals surface area contributed by atoms with Gasteiger partial charge >= 0.3 is 0 Å². The smallest absolute Gasteiger partial charge is 0.263 e. The predicted molar refractivity (Wildman–Crippen MR) is 98.0 cm³/mol. The van der Waals surface area contributed by atoms with Crippen LogP contribution in [0.4, 0.5) is 5.69 Å². The molecule has 2 aromatic carbocycles. The van der Waals surface area contributed by atoms with Gasteiger partial charge in [-0.25, -0.2) is 0 Å². The highest BCUT2D eigenvalue weighted by molar-refractivity contribution is 6.43. The van der Waals surface area contributed by atoms with Crippen molar-refractivity contribution >= 4 is 46.6 Å². The van der Waals surface area contributed by atoms with Crippen LogP contribution in [0.2, 0.25) is 10.0 Å². The molecular formula is C18H14Cl2N2O4. The number of imide groups is 1. The van der Waals surface area contributed by atoms with Gasteiger partial charge in [0.15, 0.2) is 0 Å². The van der Waals surface area contributed by atoms with Crippen LogP contribution >= 0.6 is 23.2 Å². The first kappa shape index (κ1) is 18.2. The molecule has 2 aromatic rings. The highest BCUT2D eigenvalue weighted by atomic mass is 35.5. The van der Waals surface area contributed by atoms with E-state index >= 15 is 0 Å². The van der Waals surface area contributed by atoms with Crippen LogP contribution in [0, 0.1) is 0 Å². The summed E-state index contributed by atoms with van der Waals surface area (Å²) in [4.78, 5) is 39.6. The standard InChI is InChI=1S/C18H14Cl2N2O4/c1-10(23)21(11-3-5-12(26-2)6-4-11)9-22-17(24)13-7-15(19)16(20)8-14(13)18(22)25/h3-8H,9H2,1-2H3. The third-order valence-electron chi connectivity index (χ3n) is 4.06. The Labute approximate surface area is 159 Å². The highest BCUT2D eigenvalue weighted by Crippen LogP contribution is 2.32. The number of amides is 3. The van der Waals surface area contributed by atoms with Crippen LogP contribution in [0.25, 0.3) is 0 Å². The van der Waals surface area contributed by atoms with Crippen molar-refractivity contribution in [3.63, 3.8) is 0 Å². The molecule has 0 unspecified atom stereocenters. The van der Waals surface area contributed by atoms with Crippen molar-refractivity contribution in [2.45, 2.75) is 6.92 Å². The molecule has 26 heavy (non-hydrogen) atoms. The Hall–Kier alpha value is -2.57. The molecule has 0 spiro atoms. The fourth-order valence-corrected chi connectivity index (χ4v) is 3.01. The van der Waals surface area contributed by atoms with E-state index in [9.17, 15) is 14.4 Å². The maximum absolute atomic E-state index is 12.6. The molecule has 134 valence electrons. The van der Waals surface area contributed by atoms with Crippen LogP contribution in [-0.4, -0.2) is 36.4 Å². The summed E-state index contributed by atoms with van der Waals surface area (Å²) in [7, 11) is 1.53. The predicted octanol–water partition coefficient (Wildman–Crippen LogP) is 3.61. The van der Waals surface area contributed by atoms with E-state index in [1.54, 1.807) is 24.3 Å². The summed E-state index contributed by atoms with van der Waals surface area (Å²) in [5.74, 6) is -0.739. The number of fused-ring (bicyclic) bond motifs is 1. The van der Waals surface area contributed by atoms with Crippen LogP contribution in [0.5, 0.6) is 5.75 Å². The van der Waals surface area contributed by atoms with E-state index in [1.807, 2.05) is 0 Å². The SMILES string of the molecule is COc1ccc(N(CN2C(=O)c3cc(Cl)c(Cl)cc3C2=O)C(C)=O)cc1. The zero-order chi connectivity index (χ0) is 19.0. The monoisotopic (exact) mass is 392 g/mol. The zero-order valence-corrected chi connectivity index (χ0v) is 15.5. The number of halogens is 2. The van der Waals surface area contributed by atoms with E-state index in [4.69, 9.17) is 27.9 Å². The molecule has 0 radical (unpaired) electrons. The largest absolute Gasteiger partial charge is 0.497 e. The van der Waals surface area contributed by atoms with Crippen LogP contribution in [0.3, 0.4) is 0 Å². The van der Waals surface area contributed by atoms with Gasteiger partial charge in [-0.15, -0.1) is 0 Å². The average Bonchev–Trinajstić information content (AvgIpc) is 2.84. The molecule has 8 heteroatoms. The summed E-state index contributed by atoms with van der Waals surface area (Å²) in [6, 6.07) is 9.45. The first-order valence-corrected chi connectivity index (χ1v) is 8.36. The molecule has 0 N–H and O–H groups in total. The van der Waals surface area contributed by atoms with Crippen molar-refractivity contribution in [2.75, 3.05) is 18.7 Å². The van der Waals surface area contributed by atoms with Gasteiger partial charge in [0, 0.05) is 12.6 Å². The van der Waals surface area contributed by atoms with Crippen molar-refractivity contribution in [2.24, 2.45) is 0 Å². The van der Waals surface area contributed by atoms with Crippen LogP contribution in [0.15, 0.2) is 36.4 Å². The van der Waals surface area contributed by atoms with Gasteiger partial charge in [-0.3, -0.25) is 24.2 Å². The lowest BCUT2D eigenvalue weighted by atomic mass is 10.1. The van der Waals surface area contributed by atoms with E-state index in [-0.39, 0.29) is 33.7 Å². The minimum absolute atomic E-state index is 0.169. The first-order chi connectivity index (χ1) is 12.3. The molecular weight excluding hydrogens is 379 g/mol. The number of hydrogen-bond acceptors (Lipinski definition) is 4. The highest BCUT2D eigenvalue weighted by Gasteiger charge is 2.37. The van der Waals surface area contributed by atoms with Crippen molar-refractivity contribution in [1.29, 1.82) is 0 Å². The lowest BCUT2D eigenvalue weighted by Crippen LogP contribution is -2.43. The molecule has 6 nitrogen and oxygen atoms in total. The van der Waals surface area contributed by atoms with Crippen molar-refractivity contribution < 1.29 is 19.1 Å². The Morgan fingerprint density at radius 2 is 1.54 bits per heavy atom. The number of carbonyl (C=O) groups is 3. The number of ether oxygens (including phenoxy) is 1. The van der Waals surface area contributed by atoms with Gasteiger partial charge in [0.25, 0.3) is 11.8 Å². The number of nitrogens with zero attached hydrogens (tertiary/aromatic N) is 2. The van der Waals surface area contributed by atoms with E-state index in [0.717, 1.165) is 4.90 Å². The van der Waals surface area contributed by atoms with Crippen molar-refractivity contribution in [3.8, 4) is 5.75 Å². The lowest BCUT2D eigenvalue weighted by molar-refractivity contribution is -0.116. The van der Waals surface area contributed by atoms with Crippen LogP contribution in [0.1, 0.15) is 27.6 Å². The van der Waals surface area contributed by atoms with Gasteiger partial charge in [0.1, 0.15) is 12.4 Å². The fraction of sp³-hybridized carbons (Fsp3) is 0.167. The summed E-state index contributed by atoms with van der Waals surface area (Å²) in [5, 5.41) is 0.374. The molecule has 0 saturated heterocycles. The summed E-state index contributed by atoms with van der Waals surface area (Å²) >= 11 is 11.9. The fourth-order valence-electron chi connectivity index (χ4n) is 2.68. The number of benzene rings is 2. The molecule has 1 heterocycles. The molecule has 1 aliphatic heterocycles. The van der Waals surface area contributed by atoms with Gasteiger partial charge in [-0.05, 0) is 36.4 Å². The summed E-state index contributed by atoms with van der Waals surface area (Å²) in [6.45, 7) is 1.14. The normalized spacial score (nSPS) is 13.0. The topological polar surface area (TPSA) is 66.9 Å². The second-order valence-corrected chi connectivity index (χ2v) is 6.45. The average molecular weight is 393 g/mol. The minimum atomic E-state index is -0.525. The molecule has 0 bridgehead atoms. The van der Waals surface area contributed by atoms with E-state index < -0.39 is 11.8 Å². The Morgan fingerprint density at radius 1 is 1.04 bits per heavy atom.